The van der Waals surface area contributed by atoms with E-state index in [-0.39, 0.29) is 11.5 Å². The second kappa shape index (κ2) is 4.04. The Hall–Kier alpha value is -0.540. The highest BCUT2D eigenvalue weighted by Crippen LogP contribution is 2.58. The number of aliphatic hydroxyl groups excluding tert-OH is 1. The summed E-state index contributed by atoms with van der Waals surface area (Å²) in [5, 5.41) is 10.3. The molecule has 0 amide bonds. The maximum absolute atomic E-state index is 10.3. The first-order chi connectivity index (χ1) is 7.45. The maximum atomic E-state index is 10.3. The highest BCUT2D eigenvalue weighted by molar-refractivity contribution is 9.10. The molecule has 2 nitrogen and oxygen atoms in total. The summed E-state index contributed by atoms with van der Waals surface area (Å²) in [6.45, 7) is 4.39. The molecule has 2 unspecified atom stereocenters. The number of rotatable bonds is 3. The van der Waals surface area contributed by atoms with Gasteiger partial charge in [-0.25, -0.2) is 0 Å². The van der Waals surface area contributed by atoms with Crippen molar-refractivity contribution < 1.29 is 9.84 Å². The zero-order valence-electron chi connectivity index (χ0n) is 9.83. The molecule has 0 radical (unpaired) electrons. The molecular weight excluding hydrogens is 268 g/mol. The first-order valence-corrected chi connectivity index (χ1v) is 6.26. The van der Waals surface area contributed by atoms with Crippen LogP contribution in [0.4, 0.5) is 0 Å². The number of benzene rings is 1. The molecule has 1 N–H and O–H groups in total. The van der Waals surface area contributed by atoms with Gasteiger partial charge in [0, 0.05) is 4.47 Å². The SMILES string of the molecule is COc1ccc(C(O)C2CC2(C)C)c(Br)c1. The average molecular weight is 285 g/mol. The van der Waals surface area contributed by atoms with Crippen molar-refractivity contribution in [3.63, 3.8) is 0 Å². The number of methoxy groups -OCH3 is 1. The summed E-state index contributed by atoms with van der Waals surface area (Å²) in [4.78, 5) is 0. The molecule has 0 aromatic heterocycles. The van der Waals surface area contributed by atoms with E-state index in [2.05, 4.69) is 29.8 Å². The van der Waals surface area contributed by atoms with Gasteiger partial charge in [-0.3, -0.25) is 0 Å². The Morgan fingerprint density at radius 2 is 2.12 bits per heavy atom. The van der Waals surface area contributed by atoms with Crippen molar-refractivity contribution in [1.82, 2.24) is 0 Å². The normalized spacial score (nSPS) is 23.9. The molecule has 2 rings (SSSR count). The van der Waals surface area contributed by atoms with E-state index in [4.69, 9.17) is 4.74 Å². The molecule has 1 fully saturated rings. The smallest absolute Gasteiger partial charge is 0.120 e. The van der Waals surface area contributed by atoms with Crippen LogP contribution in [0.3, 0.4) is 0 Å². The summed E-state index contributed by atoms with van der Waals surface area (Å²) in [6.07, 6.45) is 0.711. The molecule has 1 aromatic rings. The van der Waals surface area contributed by atoms with Crippen molar-refractivity contribution >= 4 is 15.9 Å². The van der Waals surface area contributed by atoms with E-state index < -0.39 is 0 Å². The molecule has 16 heavy (non-hydrogen) atoms. The number of hydrogen-bond donors (Lipinski definition) is 1. The Bertz CT molecular complexity index is 401. The van der Waals surface area contributed by atoms with E-state index in [1.54, 1.807) is 7.11 Å². The van der Waals surface area contributed by atoms with Crippen LogP contribution in [0.25, 0.3) is 0 Å². The molecule has 2 atom stereocenters. The van der Waals surface area contributed by atoms with Crippen LogP contribution < -0.4 is 4.74 Å². The summed E-state index contributed by atoms with van der Waals surface area (Å²) >= 11 is 3.48. The number of halogens is 1. The first kappa shape index (κ1) is 11.9. The Balaban J connectivity index is 2.21. The number of aliphatic hydroxyl groups is 1. The summed E-state index contributed by atoms with van der Waals surface area (Å²) in [5.41, 5.74) is 1.23. The van der Waals surface area contributed by atoms with E-state index >= 15 is 0 Å². The minimum atomic E-state index is -0.379. The van der Waals surface area contributed by atoms with E-state index in [0.29, 0.717) is 5.92 Å². The Morgan fingerprint density at radius 1 is 1.50 bits per heavy atom. The number of hydrogen-bond acceptors (Lipinski definition) is 2. The predicted molar refractivity (Wildman–Crippen MR) is 67.5 cm³/mol. The summed E-state index contributed by atoms with van der Waals surface area (Å²) in [7, 11) is 1.64. The van der Waals surface area contributed by atoms with Gasteiger partial charge in [0.05, 0.1) is 13.2 Å². The van der Waals surface area contributed by atoms with Crippen LogP contribution in [0.2, 0.25) is 0 Å². The second-order valence-corrected chi connectivity index (χ2v) is 5.99. The molecule has 0 saturated heterocycles. The minimum Gasteiger partial charge on any atom is -0.497 e. The molecule has 1 aliphatic carbocycles. The molecule has 0 spiro atoms. The molecule has 1 saturated carbocycles. The predicted octanol–water partition coefficient (Wildman–Crippen LogP) is 3.54. The summed E-state index contributed by atoms with van der Waals surface area (Å²) in [5.74, 6) is 1.18. The van der Waals surface area contributed by atoms with Crippen LogP contribution >= 0.6 is 15.9 Å². The highest BCUT2D eigenvalue weighted by atomic mass is 79.9. The van der Waals surface area contributed by atoms with Gasteiger partial charge in [-0.2, -0.15) is 0 Å². The third kappa shape index (κ3) is 2.11. The monoisotopic (exact) mass is 284 g/mol. The van der Waals surface area contributed by atoms with Gasteiger partial charge in [-0.05, 0) is 35.4 Å². The van der Waals surface area contributed by atoms with Gasteiger partial charge >= 0.3 is 0 Å². The highest BCUT2D eigenvalue weighted by Gasteiger charge is 2.50. The molecule has 88 valence electrons. The molecule has 1 aliphatic rings. The zero-order chi connectivity index (χ0) is 11.9. The van der Waals surface area contributed by atoms with Crippen LogP contribution in [0.5, 0.6) is 5.75 Å². The lowest BCUT2D eigenvalue weighted by Crippen LogP contribution is -2.05. The summed E-state index contributed by atoms with van der Waals surface area (Å²) in [6, 6.07) is 5.72. The van der Waals surface area contributed by atoms with Gasteiger partial charge in [-0.15, -0.1) is 0 Å². The van der Waals surface area contributed by atoms with Crippen molar-refractivity contribution in [2.45, 2.75) is 26.4 Å². The van der Waals surface area contributed by atoms with Crippen LogP contribution in [0.1, 0.15) is 31.9 Å². The lowest BCUT2D eigenvalue weighted by Gasteiger charge is -2.15. The molecule has 3 heteroatoms. The third-order valence-corrected chi connectivity index (χ3v) is 4.18. The van der Waals surface area contributed by atoms with Crippen molar-refractivity contribution in [1.29, 1.82) is 0 Å². The molecule has 1 aromatic carbocycles. The lowest BCUT2D eigenvalue weighted by atomic mass is 10.00. The maximum Gasteiger partial charge on any atom is 0.120 e. The minimum absolute atomic E-state index is 0.277. The van der Waals surface area contributed by atoms with E-state index in [0.717, 1.165) is 22.2 Å². The second-order valence-electron chi connectivity index (χ2n) is 5.13. The standard InChI is InChI=1S/C13H17BrO2/c1-13(2)7-10(13)12(15)9-5-4-8(16-3)6-11(9)14/h4-6,10,12,15H,7H2,1-3H3. The molecule has 0 heterocycles. The Kier molecular flexibility index (Phi) is 3.01. The van der Waals surface area contributed by atoms with Crippen LogP contribution in [-0.4, -0.2) is 12.2 Å². The van der Waals surface area contributed by atoms with Crippen molar-refractivity contribution in [2.75, 3.05) is 7.11 Å². The van der Waals surface area contributed by atoms with E-state index in [1.165, 1.54) is 0 Å². The largest absolute Gasteiger partial charge is 0.497 e. The van der Waals surface area contributed by atoms with Crippen LogP contribution in [-0.2, 0) is 0 Å². The fourth-order valence-electron chi connectivity index (χ4n) is 2.14. The topological polar surface area (TPSA) is 29.5 Å². The first-order valence-electron chi connectivity index (χ1n) is 5.47. The lowest BCUT2D eigenvalue weighted by molar-refractivity contribution is 0.137. The average Bonchev–Trinajstić information content (AvgIpc) is 2.86. The van der Waals surface area contributed by atoms with Gasteiger partial charge in [0.2, 0.25) is 0 Å². The molecule has 0 bridgehead atoms. The molecule has 0 aliphatic heterocycles. The van der Waals surface area contributed by atoms with Gasteiger partial charge in [0.25, 0.3) is 0 Å². The quantitative estimate of drug-likeness (QED) is 0.920. The fourth-order valence-corrected chi connectivity index (χ4v) is 2.73. The van der Waals surface area contributed by atoms with E-state index in [9.17, 15) is 5.11 Å². The van der Waals surface area contributed by atoms with Crippen molar-refractivity contribution in [3.05, 3.63) is 28.2 Å². The van der Waals surface area contributed by atoms with Gasteiger partial charge < -0.3 is 9.84 Å². The van der Waals surface area contributed by atoms with E-state index in [1.807, 2.05) is 18.2 Å². The third-order valence-electron chi connectivity index (χ3n) is 3.50. The van der Waals surface area contributed by atoms with Crippen molar-refractivity contribution in [3.8, 4) is 5.75 Å². The van der Waals surface area contributed by atoms with Gasteiger partial charge in [-0.1, -0.05) is 35.8 Å². The summed E-state index contributed by atoms with van der Waals surface area (Å²) < 4.78 is 6.05. The number of ether oxygens (including phenoxy) is 1. The fraction of sp³-hybridized carbons (Fsp3) is 0.538. The zero-order valence-corrected chi connectivity index (χ0v) is 11.4. The Labute approximate surface area is 105 Å². The van der Waals surface area contributed by atoms with Crippen LogP contribution in [0.15, 0.2) is 22.7 Å². The Morgan fingerprint density at radius 3 is 2.56 bits per heavy atom. The van der Waals surface area contributed by atoms with Crippen LogP contribution in [0, 0.1) is 11.3 Å². The molecular formula is C13H17BrO2. The van der Waals surface area contributed by atoms with Gasteiger partial charge in [0.1, 0.15) is 5.75 Å². The van der Waals surface area contributed by atoms with Crippen molar-refractivity contribution in [2.24, 2.45) is 11.3 Å². The van der Waals surface area contributed by atoms with Gasteiger partial charge in [0.15, 0.2) is 0 Å².